The molecular weight excluding hydrogens is 378 g/mol. The standard InChI is InChI=1S/C21H26ClN3O3/c1-14-8-6-7-11-17(14)23-18(26)13-28-21(27)19-15(2)24-25(20(19)22)12-16-9-4-3-5-10-16/h3-5,9-10,14,17H,6-8,11-13H2,1-2H3,(H,23,26)/t14-,17-/m1/s1. The van der Waals surface area contributed by atoms with E-state index in [0.717, 1.165) is 24.8 Å². The first-order valence-electron chi connectivity index (χ1n) is 9.69. The molecule has 1 saturated carbocycles. The number of ether oxygens (including phenoxy) is 1. The molecule has 150 valence electrons. The summed E-state index contributed by atoms with van der Waals surface area (Å²) in [6, 6.07) is 9.87. The molecule has 1 amide bonds. The third-order valence-electron chi connectivity index (χ3n) is 5.24. The van der Waals surface area contributed by atoms with Crippen LogP contribution in [0.2, 0.25) is 5.15 Å². The van der Waals surface area contributed by atoms with Crippen molar-refractivity contribution in [3.63, 3.8) is 0 Å². The molecular formula is C21H26ClN3O3. The Bertz CT molecular complexity index is 835. The van der Waals surface area contributed by atoms with E-state index < -0.39 is 5.97 Å². The molecule has 0 saturated heterocycles. The Kier molecular flexibility index (Phi) is 6.73. The molecule has 0 bridgehead atoms. The topological polar surface area (TPSA) is 73.2 Å². The lowest BCUT2D eigenvalue weighted by Gasteiger charge is -2.29. The highest BCUT2D eigenvalue weighted by atomic mass is 35.5. The first-order chi connectivity index (χ1) is 13.5. The smallest absolute Gasteiger partial charge is 0.343 e. The molecule has 1 aliphatic carbocycles. The Morgan fingerprint density at radius 1 is 1.25 bits per heavy atom. The van der Waals surface area contributed by atoms with E-state index in [1.54, 1.807) is 11.6 Å². The molecule has 1 fully saturated rings. The van der Waals surface area contributed by atoms with Crippen LogP contribution in [0.4, 0.5) is 0 Å². The van der Waals surface area contributed by atoms with Crippen molar-refractivity contribution in [3.8, 4) is 0 Å². The van der Waals surface area contributed by atoms with Crippen molar-refractivity contribution in [2.75, 3.05) is 6.61 Å². The van der Waals surface area contributed by atoms with E-state index in [1.165, 1.54) is 6.42 Å². The number of rotatable bonds is 6. The molecule has 1 N–H and O–H groups in total. The zero-order chi connectivity index (χ0) is 20.1. The Balaban J connectivity index is 1.59. The van der Waals surface area contributed by atoms with Crippen LogP contribution in [-0.2, 0) is 16.1 Å². The summed E-state index contributed by atoms with van der Waals surface area (Å²) in [6.07, 6.45) is 4.40. The van der Waals surface area contributed by atoms with E-state index in [-0.39, 0.29) is 29.3 Å². The fourth-order valence-electron chi connectivity index (χ4n) is 3.63. The molecule has 0 spiro atoms. The van der Waals surface area contributed by atoms with Crippen LogP contribution in [0.3, 0.4) is 0 Å². The molecule has 1 aromatic heterocycles. The van der Waals surface area contributed by atoms with Gasteiger partial charge in [0.25, 0.3) is 5.91 Å². The number of benzene rings is 1. The van der Waals surface area contributed by atoms with Crippen LogP contribution in [0.1, 0.15) is 54.2 Å². The van der Waals surface area contributed by atoms with Crippen LogP contribution in [0.25, 0.3) is 0 Å². The van der Waals surface area contributed by atoms with Gasteiger partial charge in [-0.05, 0) is 31.2 Å². The van der Waals surface area contributed by atoms with Crippen molar-refractivity contribution in [3.05, 3.63) is 52.3 Å². The maximum Gasteiger partial charge on any atom is 0.343 e. The van der Waals surface area contributed by atoms with Crippen LogP contribution in [0, 0.1) is 12.8 Å². The number of carbonyl (C=O) groups excluding carboxylic acids is 2. The van der Waals surface area contributed by atoms with Crippen LogP contribution >= 0.6 is 11.6 Å². The Hall–Kier alpha value is -2.34. The summed E-state index contributed by atoms with van der Waals surface area (Å²) in [6.45, 7) is 3.98. The fraction of sp³-hybridized carbons (Fsp3) is 0.476. The van der Waals surface area contributed by atoms with E-state index in [0.29, 0.717) is 18.2 Å². The summed E-state index contributed by atoms with van der Waals surface area (Å²) >= 11 is 6.36. The monoisotopic (exact) mass is 403 g/mol. The summed E-state index contributed by atoms with van der Waals surface area (Å²) < 4.78 is 6.77. The van der Waals surface area contributed by atoms with Crippen molar-refractivity contribution >= 4 is 23.5 Å². The van der Waals surface area contributed by atoms with Gasteiger partial charge in [-0.25, -0.2) is 9.48 Å². The SMILES string of the molecule is Cc1nn(Cc2ccccc2)c(Cl)c1C(=O)OCC(=O)N[C@@H]1CCCC[C@H]1C. The first kappa shape index (κ1) is 20.4. The highest BCUT2D eigenvalue weighted by Crippen LogP contribution is 2.24. The quantitative estimate of drug-likeness (QED) is 0.745. The van der Waals surface area contributed by atoms with Crippen molar-refractivity contribution in [1.82, 2.24) is 15.1 Å². The average Bonchev–Trinajstić information content (AvgIpc) is 2.96. The minimum absolute atomic E-state index is 0.152. The van der Waals surface area contributed by atoms with E-state index in [9.17, 15) is 9.59 Å². The molecule has 2 aromatic rings. The number of amides is 1. The lowest BCUT2D eigenvalue weighted by Crippen LogP contribution is -2.42. The lowest BCUT2D eigenvalue weighted by molar-refractivity contribution is -0.125. The van der Waals surface area contributed by atoms with Crippen LogP contribution in [-0.4, -0.2) is 34.3 Å². The summed E-state index contributed by atoms with van der Waals surface area (Å²) in [5.41, 5.74) is 1.71. The third kappa shape index (κ3) is 4.93. The second-order valence-electron chi connectivity index (χ2n) is 7.41. The zero-order valence-electron chi connectivity index (χ0n) is 16.3. The highest BCUT2D eigenvalue weighted by molar-refractivity contribution is 6.32. The number of nitrogens with one attached hydrogen (secondary N) is 1. The van der Waals surface area contributed by atoms with E-state index in [1.807, 2.05) is 30.3 Å². The maximum atomic E-state index is 12.5. The number of nitrogens with zero attached hydrogens (tertiary/aromatic N) is 2. The maximum absolute atomic E-state index is 12.5. The van der Waals surface area contributed by atoms with Crippen LogP contribution < -0.4 is 5.32 Å². The van der Waals surface area contributed by atoms with Crippen LogP contribution in [0.15, 0.2) is 30.3 Å². The zero-order valence-corrected chi connectivity index (χ0v) is 17.0. The van der Waals surface area contributed by atoms with E-state index in [4.69, 9.17) is 16.3 Å². The molecule has 0 aliphatic heterocycles. The van der Waals surface area contributed by atoms with Crippen molar-refractivity contribution in [2.45, 2.75) is 52.1 Å². The lowest BCUT2D eigenvalue weighted by atomic mass is 9.86. The predicted molar refractivity (Wildman–Crippen MR) is 107 cm³/mol. The molecule has 0 radical (unpaired) electrons. The van der Waals surface area contributed by atoms with E-state index in [2.05, 4.69) is 17.3 Å². The van der Waals surface area contributed by atoms with Crippen molar-refractivity contribution in [2.24, 2.45) is 5.92 Å². The van der Waals surface area contributed by atoms with Gasteiger partial charge in [0.15, 0.2) is 6.61 Å². The van der Waals surface area contributed by atoms with Crippen molar-refractivity contribution < 1.29 is 14.3 Å². The normalized spacial score (nSPS) is 19.2. The summed E-state index contributed by atoms with van der Waals surface area (Å²) in [7, 11) is 0. The third-order valence-corrected chi connectivity index (χ3v) is 5.62. The number of aryl methyl sites for hydroxylation is 1. The second kappa shape index (κ2) is 9.24. The fourth-order valence-corrected chi connectivity index (χ4v) is 3.94. The van der Waals surface area contributed by atoms with Gasteiger partial charge in [0.05, 0.1) is 12.2 Å². The molecule has 1 heterocycles. The van der Waals surface area contributed by atoms with Gasteiger partial charge in [-0.3, -0.25) is 4.79 Å². The van der Waals surface area contributed by atoms with Crippen LogP contribution in [0.5, 0.6) is 0 Å². The number of aromatic nitrogens is 2. The number of hydrogen-bond donors (Lipinski definition) is 1. The molecule has 28 heavy (non-hydrogen) atoms. The van der Waals surface area contributed by atoms with Gasteiger partial charge >= 0.3 is 5.97 Å². The van der Waals surface area contributed by atoms with E-state index >= 15 is 0 Å². The first-order valence-corrected chi connectivity index (χ1v) is 10.1. The van der Waals surface area contributed by atoms with Gasteiger partial charge in [-0.2, -0.15) is 5.10 Å². The Morgan fingerprint density at radius 3 is 2.68 bits per heavy atom. The van der Waals surface area contributed by atoms with Gasteiger partial charge < -0.3 is 10.1 Å². The molecule has 1 aliphatic rings. The summed E-state index contributed by atoms with van der Waals surface area (Å²) in [5, 5.41) is 7.53. The summed E-state index contributed by atoms with van der Waals surface area (Å²) in [5.74, 6) is -0.465. The second-order valence-corrected chi connectivity index (χ2v) is 7.76. The van der Waals surface area contributed by atoms with Gasteiger partial charge in [0.2, 0.25) is 0 Å². The Morgan fingerprint density at radius 2 is 1.96 bits per heavy atom. The number of halogens is 1. The number of esters is 1. The number of carbonyl (C=O) groups is 2. The molecule has 2 atom stereocenters. The van der Waals surface area contributed by atoms with Gasteiger partial charge in [0, 0.05) is 6.04 Å². The molecule has 3 rings (SSSR count). The highest BCUT2D eigenvalue weighted by Gasteiger charge is 2.25. The molecule has 1 aromatic carbocycles. The molecule has 6 nitrogen and oxygen atoms in total. The van der Waals surface area contributed by atoms with Crippen molar-refractivity contribution in [1.29, 1.82) is 0 Å². The predicted octanol–water partition coefficient (Wildman–Crippen LogP) is 3.74. The van der Waals surface area contributed by atoms with Gasteiger partial charge in [0.1, 0.15) is 10.7 Å². The summed E-state index contributed by atoms with van der Waals surface area (Å²) in [4.78, 5) is 24.6. The Labute approximate surface area is 170 Å². The molecule has 0 unspecified atom stereocenters. The minimum atomic E-state index is -0.631. The molecule has 7 heteroatoms. The number of hydrogen-bond acceptors (Lipinski definition) is 4. The van der Waals surface area contributed by atoms with Gasteiger partial charge in [-0.1, -0.05) is 61.7 Å². The average molecular weight is 404 g/mol. The largest absolute Gasteiger partial charge is 0.452 e. The minimum Gasteiger partial charge on any atom is -0.452 e. The van der Waals surface area contributed by atoms with Gasteiger partial charge in [-0.15, -0.1) is 0 Å².